The van der Waals surface area contributed by atoms with Crippen molar-refractivity contribution in [1.82, 2.24) is 20.1 Å². The molecule has 0 saturated heterocycles. The van der Waals surface area contributed by atoms with Gasteiger partial charge in [0.25, 0.3) is 0 Å². The van der Waals surface area contributed by atoms with Gasteiger partial charge in [0, 0.05) is 23.7 Å². The maximum absolute atomic E-state index is 4.45. The predicted octanol–water partition coefficient (Wildman–Crippen LogP) is 2.94. The molecule has 6 heteroatoms. The van der Waals surface area contributed by atoms with E-state index in [4.69, 9.17) is 0 Å². The van der Waals surface area contributed by atoms with Crippen molar-refractivity contribution in [2.45, 2.75) is 39.8 Å². The van der Waals surface area contributed by atoms with Crippen LogP contribution >= 0.6 is 27.3 Å². The van der Waals surface area contributed by atoms with E-state index in [1.54, 1.807) is 11.3 Å². The number of nitrogens with one attached hydrogen (secondary N) is 1. The number of hydrogen-bond donors (Lipinski definition) is 1. The van der Waals surface area contributed by atoms with Crippen molar-refractivity contribution in [3.05, 3.63) is 32.4 Å². The zero-order chi connectivity index (χ0) is 13.8. The van der Waals surface area contributed by atoms with Gasteiger partial charge < -0.3 is 5.32 Å². The van der Waals surface area contributed by atoms with E-state index in [0.717, 1.165) is 29.0 Å². The summed E-state index contributed by atoms with van der Waals surface area (Å²) in [6, 6.07) is 0.404. The van der Waals surface area contributed by atoms with Crippen LogP contribution in [0.3, 0.4) is 0 Å². The minimum atomic E-state index is 0.404. The van der Waals surface area contributed by atoms with E-state index in [2.05, 4.69) is 52.1 Å². The summed E-state index contributed by atoms with van der Waals surface area (Å²) in [5.41, 5.74) is 1.17. The highest BCUT2D eigenvalue weighted by atomic mass is 79.9. The molecular formula is C13H19BrN4S. The van der Waals surface area contributed by atoms with E-state index in [-0.39, 0.29) is 0 Å². The quantitative estimate of drug-likeness (QED) is 0.877. The van der Waals surface area contributed by atoms with Crippen molar-refractivity contribution in [3.63, 3.8) is 0 Å². The Balaban J connectivity index is 1.75. The van der Waals surface area contributed by atoms with Gasteiger partial charge in [-0.1, -0.05) is 0 Å². The second-order valence-electron chi connectivity index (χ2n) is 4.73. The molecule has 2 heterocycles. The Morgan fingerprint density at radius 3 is 2.84 bits per heavy atom. The maximum Gasteiger partial charge on any atom is 0.0900 e. The third kappa shape index (κ3) is 4.40. The number of thiazole rings is 1. The van der Waals surface area contributed by atoms with Crippen LogP contribution in [0.1, 0.15) is 22.5 Å². The van der Waals surface area contributed by atoms with Crippen LogP contribution in [-0.4, -0.2) is 27.4 Å². The lowest BCUT2D eigenvalue weighted by Crippen LogP contribution is -2.32. The van der Waals surface area contributed by atoms with Crippen molar-refractivity contribution in [3.8, 4) is 0 Å². The highest BCUT2D eigenvalue weighted by Crippen LogP contribution is 2.17. The van der Waals surface area contributed by atoms with Crippen LogP contribution < -0.4 is 5.32 Å². The summed E-state index contributed by atoms with van der Waals surface area (Å²) in [6.07, 6.45) is 4.86. The lowest BCUT2D eigenvalue weighted by atomic mass is 10.2. The first-order valence-corrected chi connectivity index (χ1v) is 8.00. The number of aromatic nitrogens is 3. The molecule has 2 aromatic heterocycles. The minimum absolute atomic E-state index is 0.404. The zero-order valence-electron chi connectivity index (χ0n) is 11.5. The molecule has 4 nitrogen and oxygen atoms in total. The topological polar surface area (TPSA) is 42.7 Å². The van der Waals surface area contributed by atoms with Gasteiger partial charge in [-0.15, -0.1) is 11.3 Å². The van der Waals surface area contributed by atoms with Gasteiger partial charge in [0.1, 0.15) is 0 Å². The normalized spacial score (nSPS) is 12.8. The van der Waals surface area contributed by atoms with Gasteiger partial charge in [0.05, 0.1) is 27.9 Å². The molecule has 2 aromatic rings. The average Bonchev–Trinajstić information content (AvgIpc) is 2.86. The lowest BCUT2D eigenvalue weighted by molar-refractivity contribution is 0.454. The Kier molecular flexibility index (Phi) is 5.13. The van der Waals surface area contributed by atoms with E-state index in [1.165, 1.54) is 10.6 Å². The van der Waals surface area contributed by atoms with Crippen molar-refractivity contribution < 1.29 is 0 Å². The molecule has 104 valence electrons. The van der Waals surface area contributed by atoms with E-state index >= 15 is 0 Å². The summed E-state index contributed by atoms with van der Waals surface area (Å²) in [5.74, 6) is 0. The fourth-order valence-corrected chi connectivity index (χ4v) is 3.29. The first-order valence-electron chi connectivity index (χ1n) is 6.39. The van der Waals surface area contributed by atoms with Crippen LogP contribution in [0.2, 0.25) is 0 Å². The number of nitrogens with zero attached hydrogens (tertiary/aromatic N) is 3. The van der Waals surface area contributed by atoms with Crippen LogP contribution in [0.5, 0.6) is 0 Å². The van der Waals surface area contributed by atoms with Gasteiger partial charge in [0.2, 0.25) is 0 Å². The smallest absolute Gasteiger partial charge is 0.0900 e. The molecule has 1 atom stereocenters. The molecular weight excluding hydrogens is 324 g/mol. The molecule has 0 aliphatic heterocycles. The molecule has 19 heavy (non-hydrogen) atoms. The van der Waals surface area contributed by atoms with Gasteiger partial charge in [-0.2, -0.15) is 5.10 Å². The number of hydrogen-bond acceptors (Lipinski definition) is 4. The minimum Gasteiger partial charge on any atom is -0.312 e. The fourth-order valence-electron chi connectivity index (χ4n) is 2.02. The van der Waals surface area contributed by atoms with Crippen LogP contribution in [0.4, 0.5) is 0 Å². The lowest BCUT2D eigenvalue weighted by Gasteiger charge is -2.13. The molecule has 0 radical (unpaired) electrons. The van der Waals surface area contributed by atoms with Crippen molar-refractivity contribution in [2.24, 2.45) is 0 Å². The van der Waals surface area contributed by atoms with Crippen molar-refractivity contribution in [1.29, 1.82) is 0 Å². The Morgan fingerprint density at radius 2 is 2.26 bits per heavy atom. The van der Waals surface area contributed by atoms with Crippen LogP contribution in [0.15, 0.2) is 16.9 Å². The first kappa shape index (κ1) is 14.7. The summed E-state index contributed by atoms with van der Waals surface area (Å²) in [5, 5.41) is 8.94. The monoisotopic (exact) mass is 342 g/mol. The molecule has 0 aliphatic rings. The standard InChI is InChI=1S/C13H19BrN4S/c1-9(7-18-8-12(14)6-16-18)15-5-4-13-10(2)17-11(3)19-13/h6,8-9,15H,4-5,7H2,1-3H3/t9-/m0/s1. The maximum atomic E-state index is 4.45. The van der Waals surface area contributed by atoms with Crippen LogP contribution in [0, 0.1) is 13.8 Å². The van der Waals surface area contributed by atoms with E-state index in [0.29, 0.717) is 6.04 Å². The molecule has 0 unspecified atom stereocenters. The molecule has 0 spiro atoms. The average molecular weight is 343 g/mol. The van der Waals surface area contributed by atoms with E-state index in [1.807, 2.05) is 17.1 Å². The van der Waals surface area contributed by atoms with Crippen molar-refractivity contribution in [2.75, 3.05) is 6.54 Å². The zero-order valence-corrected chi connectivity index (χ0v) is 13.9. The number of halogens is 1. The number of aryl methyl sites for hydroxylation is 2. The van der Waals surface area contributed by atoms with Gasteiger partial charge in [-0.05, 0) is 43.1 Å². The third-order valence-electron chi connectivity index (χ3n) is 2.91. The molecule has 0 bridgehead atoms. The molecule has 0 aromatic carbocycles. The van der Waals surface area contributed by atoms with Gasteiger partial charge in [-0.25, -0.2) is 4.98 Å². The van der Waals surface area contributed by atoms with Crippen LogP contribution in [-0.2, 0) is 13.0 Å². The third-order valence-corrected chi connectivity index (χ3v) is 4.45. The van der Waals surface area contributed by atoms with E-state index < -0.39 is 0 Å². The highest BCUT2D eigenvalue weighted by molar-refractivity contribution is 9.10. The fraction of sp³-hybridized carbons (Fsp3) is 0.538. The molecule has 0 aliphatic carbocycles. The summed E-state index contributed by atoms with van der Waals surface area (Å²) in [4.78, 5) is 5.84. The second kappa shape index (κ2) is 6.63. The second-order valence-corrected chi connectivity index (χ2v) is 6.93. The predicted molar refractivity (Wildman–Crippen MR) is 82.7 cm³/mol. The largest absolute Gasteiger partial charge is 0.312 e. The van der Waals surface area contributed by atoms with Gasteiger partial charge >= 0.3 is 0 Å². The highest BCUT2D eigenvalue weighted by Gasteiger charge is 2.07. The van der Waals surface area contributed by atoms with Crippen LogP contribution in [0.25, 0.3) is 0 Å². The molecule has 2 rings (SSSR count). The summed E-state index contributed by atoms with van der Waals surface area (Å²) < 4.78 is 2.97. The Bertz CT molecular complexity index is 534. The Labute approximate surface area is 126 Å². The summed E-state index contributed by atoms with van der Waals surface area (Å²) >= 11 is 5.20. The van der Waals surface area contributed by atoms with E-state index in [9.17, 15) is 0 Å². The first-order chi connectivity index (χ1) is 9.04. The number of rotatable bonds is 6. The Hall–Kier alpha value is -0.720. The van der Waals surface area contributed by atoms with Crippen molar-refractivity contribution >= 4 is 27.3 Å². The molecule has 0 fully saturated rings. The Morgan fingerprint density at radius 1 is 1.47 bits per heavy atom. The molecule has 1 N–H and O–H groups in total. The molecule has 0 amide bonds. The molecule has 0 saturated carbocycles. The summed E-state index contributed by atoms with van der Waals surface area (Å²) in [6.45, 7) is 8.19. The SMILES string of the molecule is Cc1nc(C)c(CCN[C@@H](C)Cn2cc(Br)cn2)s1. The summed E-state index contributed by atoms with van der Waals surface area (Å²) in [7, 11) is 0. The van der Waals surface area contributed by atoms with Gasteiger partial charge in [0.15, 0.2) is 0 Å². The van der Waals surface area contributed by atoms with Gasteiger partial charge in [-0.3, -0.25) is 4.68 Å².